The fraction of sp³-hybridized carbons (Fsp3) is 0.217. The molecule has 1 atom stereocenters. The molecule has 0 radical (unpaired) electrons. The molecule has 0 fully saturated rings. The lowest BCUT2D eigenvalue weighted by Gasteiger charge is -2.23. The van der Waals surface area contributed by atoms with Crippen LogP contribution >= 0.6 is 0 Å². The molecule has 30 heavy (non-hydrogen) atoms. The smallest absolute Gasteiger partial charge is 0.146 e. The highest BCUT2D eigenvalue weighted by atomic mass is 16.5. The summed E-state index contributed by atoms with van der Waals surface area (Å²) in [4.78, 5) is 17.6. The molecule has 3 aromatic heterocycles. The first kappa shape index (κ1) is 18.4. The molecule has 5 rings (SSSR count). The van der Waals surface area contributed by atoms with Crippen molar-refractivity contribution in [3.05, 3.63) is 72.4 Å². The summed E-state index contributed by atoms with van der Waals surface area (Å²) in [6, 6.07) is 14.0. The Morgan fingerprint density at radius 2 is 2.00 bits per heavy atom. The summed E-state index contributed by atoms with van der Waals surface area (Å²) >= 11 is 0. The van der Waals surface area contributed by atoms with Crippen molar-refractivity contribution in [2.45, 2.75) is 19.3 Å². The number of fused-ring (bicyclic) bond motifs is 2. The average molecular weight is 398 g/mol. The molecule has 0 amide bonds. The van der Waals surface area contributed by atoms with Gasteiger partial charge in [-0.05, 0) is 24.3 Å². The number of pyridine rings is 2. The molecular formula is C23H22N6O. The second kappa shape index (κ2) is 7.68. The SMILES string of the molecule is C[C@H](CN(N)c1cc(-c2ccc3ncccc3c2)ncn1)c1ccnc2c1OCC2. The van der Waals surface area contributed by atoms with Gasteiger partial charge >= 0.3 is 0 Å². The predicted molar refractivity (Wildman–Crippen MR) is 116 cm³/mol. The van der Waals surface area contributed by atoms with Gasteiger partial charge in [0.05, 0.1) is 23.5 Å². The maximum atomic E-state index is 6.39. The Morgan fingerprint density at radius 3 is 2.93 bits per heavy atom. The topological polar surface area (TPSA) is 90.1 Å². The summed E-state index contributed by atoms with van der Waals surface area (Å²) in [7, 11) is 0. The van der Waals surface area contributed by atoms with Crippen LogP contribution in [-0.4, -0.2) is 33.1 Å². The number of hydrogen-bond acceptors (Lipinski definition) is 7. The third-order valence-electron chi connectivity index (χ3n) is 5.44. The normalized spacial score (nSPS) is 13.7. The van der Waals surface area contributed by atoms with E-state index in [0.717, 1.165) is 45.6 Å². The molecule has 0 bridgehead atoms. The number of nitrogens with two attached hydrogens (primary N) is 1. The third kappa shape index (κ3) is 3.44. The molecule has 0 saturated carbocycles. The van der Waals surface area contributed by atoms with E-state index in [9.17, 15) is 0 Å². The van der Waals surface area contributed by atoms with E-state index in [0.29, 0.717) is 19.0 Å². The van der Waals surface area contributed by atoms with Crippen LogP contribution in [0.2, 0.25) is 0 Å². The minimum atomic E-state index is 0.162. The standard InChI is InChI=1S/C23H22N6O/c1-15(18-6-9-26-20-7-10-30-23(18)20)13-29(24)22-12-21(27-14-28-22)17-4-5-19-16(11-17)3-2-8-25-19/h2-6,8-9,11-12,14-15H,7,10,13,24H2,1H3/t15-/m1/s1. The van der Waals surface area contributed by atoms with E-state index in [1.165, 1.54) is 0 Å². The van der Waals surface area contributed by atoms with Crippen LogP contribution in [0.25, 0.3) is 22.2 Å². The van der Waals surface area contributed by atoms with Crippen molar-refractivity contribution in [1.29, 1.82) is 0 Å². The first-order valence-corrected chi connectivity index (χ1v) is 9.99. The monoisotopic (exact) mass is 398 g/mol. The van der Waals surface area contributed by atoms with Crippen molar-refractivity contribution in [3.63, 3.8) is 0 Å². The van der Waals surface area contributed by atoms with E-state index in [1.54, 1.807) is 17.5 Å². The van der Waals surface area contributed by atoms with Crippen molar-refractivity contribution in [2.24, 2.45) is 5.84 Å². The zero-order chi connectivity index (χ0) is 20.5. The van der Waals surface area contributed by atoms with Gasteiger partial charge in [0.1, 0.15) is 17.9 Å². The number of anilines is 1. The van der Waals surface area contributed by atoms with Crippen LogP contribution in [0.3, 0.4) is 0 Å². The molecular weight excluding hydrogens is 376 g/mol. The van der Waals surface area contributed by atoms with Gasteiger partial charge in [-0.1, -0.05) is 19.1 Å². The summed E-state index contributed by atoms with van der Waals surface area (Å²) < 4.78 is 5.80. The van der Waals surface area contributed by atoms with Gasteiger partial charge < -0.3 is 4.74 Å². The maximum Gasteiger partial charge on any atom is 0.146 e. The minimum Gasteiger partial charge on any atom is -0.491 e. The van der Waals surface area contributed by atoms with E-state index in [4.69, 9.17) is 10.6 Å². The van der Waals surface area contributed by atoms with Gasteiger partial charge in [-0.15, -0.1) is 0 Å². The molecule has 2 N–H and O–H groups in total. The van der Waals surface area contributed by atoms with Crippen LogP contribution in [-0.2, 0) is 6.42 Å². The number of nitrogens with zero attached hydrogens (tertiary/aromatic N) is 5. The van der Waals surface area contributed by atoms with E-state index in [-0.39, 0.29) is 5.92 Å². The van der Waals surface area contributed by atoms with Gasteiger partial charge in [0.15, 0.2) is 0 Å². The molecule has 1 aliphatic heterocycles. The lowest BCUT2D eigenvalue weighted by atomic mass is 10.00. The molecule has 7 nitrogen and oxygen atoms in total. The van der Waals surface area contributed by atoms with Crippen molar-refractivity contribution in [2.75, 3.05) is 18.2 Å². The second-order valence-electron chi connectivity index (χ2n) is 7.50. The van der Waals surface area contributed by atoms with Crippen LogP contribution in [0.1, 0.15) is 24.1 Å². The molecule has 0 aliphatic carbocycles. The van der Waals surface area contributed by atoms with Crippen LogP contribution in [0, 0.1) is 0 Å². The zero-order valence-electron chi connectivity index (χ0n) is 16.7. The minimum absolute atomic E-state index is 0.162. The fourth-order valence-corrected chi connectivity index (χ4v) is 3.87. The van der Waals surface area contributed by atoms with Crippen molar-refractivity contribution in [3.8, 4) is 17.0 Å². The molecule has 1 aliphatic rings. The van der Waals surface area contributed by atoms with Crippen molar-refractivity contribution in [1.82, 2.24) is 19.9 Å². The van der Waals surface area contributed by atoms with Gasteiger partial charge in [-0.3, -0.25) is 15.0 Å². The van der Waals surface area contributed by atoms with E-state index < -0.39 is 0 Å². The Bertz CT molecular complexity index is 1210. The second-order valence-corrected chi connectivity index (χ2v) is 7.50. The number of ether oxygens (including phenoxy) is 1. The van der Waals surface area contributed by atoms with Gasteiger partial charge in [-0.25, -0.2) is 15.8 Å². The van der Waals surface area contributed by atoms with Crippen molar-refractivity contribution < 1.29 is 4.74 Å². The van der Waals surface area contributed by atoms with Gasteiger partial charge in [0.2, 0.25) is 0 Å². The lowest BCUT2D eigenvalue weighted by Crippen LogP contribution is -2.35. The Hall–Kier alpha value is -3.58. The van der Waals surface area contributed by atoms with Gasteiger partial charge in [0.25, 0.3) is 0 Å². The Morgan fingerprint density at radius 1 is 1.07 bits per heavy atom. The molecule has 0 saturated heterocycles. The van der Waals surface area contributed by atoms with Crippen LogP contribution < -0.4 is 15.6 Å². The number of hydrazine groups is 1. The largest absolute Gasteiger partial charge is 0.491 e. The molecule has 0 spiro atoms. The quantitative estimate of drug-likeness (QED) is 0.406. The first-order chi connectivity index (χ1) is 14.7. The van der Waals surface area contributed by atoms with Gasteiger partial charge in [0, 0.05) is 53.9 Å². The summed E-state index contributed by atoms with van der Waals surface area (Å²) in [5, 5.41) is 2.74. The molecule has 7 heteroatoms. The van der Waals surface area contributed by atoms with E-state index >= 15 is 0 Å². The highest BCUT2D eigenvalue weighted by molar-refractivity contribution is 5.83. The average Bonchev–Trinajstić information content (AvgIpc) is 3.28. The highest BCUT2D eigenvalue weighted by Gasteiger charge is 2.22. The Balaban J connectivity index is 1.39. The number of aromatic nitrogens is 4. The van der Waals surface area contributed by atoms with E-state index in [2.05, 4.69) is 32.9 Å². The summed E-state index contributed by atoms with van der Waals surface area (Å²) in [6.07, 6.45) is 6.05. The number of hydrogen-bond donors (Lipinski definition) is 1. The first-order valence-electron chi connectivity index (χ1n) is 9.99. The van der Waals surface area contributed by atoms with Crippen LogP contribution in [0.15, 0.2) is 61.2 Å². The van der Waals surface area contributed by atoms with E-state index in [1.807, 2.05) is 42.6 Å². The molecule has 4 heterocycles. The van der Waals surface area contributed by atoms with Crippen LogP contribution in [0.5, 0.6) is 5.75 Å². The highest BCUT2D eigenvalue weighted by Crippen LogP contribution is 2.33. The molecule has 0 unspecified atom stereocenters. The predicted octanol–water partition coefficient (Wildman–Crippen LogP) is 3.51. The summed E-state index contributed by atoms with van der Waals surface area (Å²) in [5.41, 5.74) is 4.93. The third-order valence-corrected chi connectivity index (χ3v) is 5.44. The Labute approximate surface area is 174 Å². The van der Waals surface area contributed by atoms with Crippen molar-refractivity contribution >= 4 is 16.7 Å². The fourth-order valence-electron chi connectivity index (χ4n) is 3.87. The maximum absolute atomic E-state index is 6.39. The Kier molecular flexibility index (Phi) is 4.72. The lowest BCUT2D eigenvalue weighted by molar-refractivity contribution is 0.351. The molecule has 4 aromatic rings. The number of benzene rings is 1. The van der Waals surface area contributed by atoms with Crippen LogP contribution in [0.4, 0.5) is 5.82 Å². The summed E-state index contributed by atoms with van der Waals surface area (Å²) in [5.74, 6) is 8.13. The van der Waals surface area contributed by atoms with Gasteiger partial charge in [-0.2, -0.15) is 0 Å². The molecule has 150 valence electrons. The number of rotatable bonds is 5. The summed E-state index contributed by atoms with van der Waals surface area (Å²) in [6.45, 7) is 3.42. The zero-order valence-corrected chi connectivity index (χ0v) is 16.7. The molecule has 1 aromatic carbocycles.